The molecule has 0 aromatic heterocycles. The van der Waals surface area contributed by atoms with Gasteiger partial charge in [0.15, 0.2) is 0 Å². The summed E-state index contributed by atoms with van der Waals surface area (Å²) in [6.07, 6.45) is -1.95. The second-order valence-corrected chi connectivity index (χ2v) is 9.75. The summed E-state index contributed by atoms with van der Waals surface area (Å²) in [5.41, 5.74) is 0.395. The van der Waals surface area contributed by atoms with Gasteiger partial charge in [-0.3, -0.25) is 15.5 Å². The Morgan fingerprint density at radius 1 is 0.800 bits per heavy atom. The molecule has 2 aromatic carbocycles. The minimum absolute atomic E-state index is 0.183. The summed E-state index contributed by atoms with van der Waals surface area (Å²) in [5.74, 6) is 0. The fraction of sp³-hybridized carbons (Fsp3) is 0.423. The molecule has 0 saturated carbocycles. The number of carbonyl (C=O) groups excluding carboxylic acids is 3. The highest BCUT2D eigenvalue weighted by Crippen LogP contribution is 2.31. The largest absolute Gasteiger partial charge is 0.450 e. The average Bonchev–Trinajstić information content (AvgIpc) is 2.71. The minimum Gasteiger partial charge on any atom is -0.450 e. The van der Waals surface area contributed by atoms with Crippen LogP contribution in [0, 0.1) is 0 Å². The van der Waals surface area contributed by atoms with Crippen molar-refractivity contribution in [3.05, 3.63) is 54.1 Å². The second kappa shape index (κ2) is 11.6. The Hall–Kier alpha value is -3.75. The van der Waals surface area contributed by atoms with Gasteiger partial charge >= 0.3 is 18.3 Å². The Bertz CT molecular complexity index is 1030. The maximum absolute atomic E-state index is 13.1. The van der Waals surface area contributed by atoms with Crippen LogP contribution in [-0.4, -0.2) is 36.1 Å². The number of amides is 3. The number of rotatable bonds is 6. The zero-order valence-corrected chi connectivity index (χ0v) is 21.4. The highest BCUT2D eigenvalue weighted by molar-refractivity contribution is 5.98. The second-order valence-electron chi connectivity index (χ2n) is 9.75. The summed E-state index contributed by atoms with van der Waals surface area (Å²) in [4.78, 5) is 39.1. The molecule has 0 aliphatic rings. The third kappa shape index (κ3) is 9.56. The van der Waals surface area contributed by atoms with E-state index in [0.717, 1.165) is 5.56 Å². The van der Waals surface area contributed by atoms with E-state index in [1.165, 1.54) is 4.90 Å². The van der Waals surface area contributed by atoms with E-state index in [9.17, 15) is 14.4 Å². The van der Waals surface area contributed by atoms with E-state index in [2.05, 4.69) is 10.6 Å². The quantitative estimate of drug-likeness (QED) is 0.450. The number of ether oxygens (including phenoxy) is 3. The normalized spacial score (nSPS) is 11.3. The maximum atomic E-state index is 13.1. The summed E-state index contributed by atoms with van der Waals surface area (Å²) in [5, 5.41) is 5.25. The Morgan fingerprint density at radius 2 is 1.40 bits per heavy atom. The summed E-state index contributed by atoms with van der Waals surface area (Å²) >= 11 is 0. The van der Waals surface area contributed by atoms with Gasteiger partial charge in [0.2, 0.25) is 0 Å². The van der Waals surface area contributed by atoms with Crippen molar-refractivity contribution in [2.75, 3.05) is 22.1 Å². The van der Waals surface area contributed by atoms with Crippen LogP contribution in [0.3, 0.4) is 0 Å². The molecule has 0 heterocycles. The Kier molecular flexibility index (Phi) is 9.11. The topological polar surface area (TPSA) is 106 Å². The molecule has 9 heteroatoms. The first kappa shape index (κ1) is 27.5. The van der Waals surface area contributed by atoms with Crippen molar-refractivity contribution in [1.29, 1.82) is 0 Å². The highest BCUT2D eigenvalue weighted by atomic mass is 16.6. The zero-order chi connectivity index (χ0) is 26.2. The number of hydrogen-bond acceptors (Lipinski definition) is 6. The zero-order valence-electron chi connectivity index (χ0n) is 21.4. The molecular formula is C26H35N3O6. The highest BCUT2D eigenvalue weighted by Gasteiger charge is 2.25. The molecule has 0 atom stereocenters. The van der Waals surface area contributed by atoms with Gasteiger partial charge in [0.05, 0.1) is 24.5 Å². The van der Waals surface area contributed by atoms with Crippen LogP contribution in [0.1, 0.15) is 54.0 Å². The molecule has 0 aliphatic carbocycles. The standard InChI is InChI=1S/C26H35N3O6/c1-8-33-22(30)27-20-15-14-19(16-21(20)28-23(31)34-25(2,3)4)29(24(32)35-26(5,6)7)17-18-12-10-9-11-13-18/h9-16H,8,17H2,1-7H3,(H,27,30)(H,28,31). The Morgan fingerprint density at radius 3 is 1.97 bits per heavy atom. The van der Waals surface area contributed by atoms with E-state index in [1.54, 1.807) is 66.7 Å². The predicted molar refractivity (Wildman–Crippen MR) is 136 cm³/mol. The summed E-state index contributed by atoms with van der Waals surface area (Å²) in [6.45, 7) is 12.7. The predicted octanol–water partition coefficient (Wildman–Crippen LogP) is 6.54. The van der Waals surface area contributed by atoms with Gasteiger partial charge in [-0.15, -0.1) is 0 Å². The van der Waals surface area contributed by atoms with Gasteiger partial charge in [0, 0.05) is 5.69 Å². The number of benzene rings is 2. The maximum Gasteiger partial charge on any atom is 0.415 e. The van der Waals surface area contributed by atoms with E-state index in [0.29, 0.717) is 5.69 Å². The third-order valence-corrected chi connectivity index (χ3v) is 4.26. The molecule has 3 amide bonds. The van der Waals surface area contributed by atoms with Crippen LogP contribution < -0.4 is 15.5 Å². The number of anilines is 3. The summed E-state index contributed by atoms with van der Waals surface area (Å²) in [7, 11) is 0. The first-order valence-corrected chi connectivity index (χ1v) is 11.4. The fourth-order valence-electron chi connectivity index (χ4n) is 2.95. The first-order chi connectivity index (χ1) is 16.3. The van der Waals surface area contributed by atoms with E-state index in [4.69, 9.17) is 14.2 Å². The molecule has 2 aromatic rings. The number of carbonyl (C=O) groups is 3. The molecular weight excluding hydrogens is 450 g/mol. The van der Waals surface area contributed by atoms with Gasteiger partial charge in [-0.1, -0.05) is 30.3 Å². The van der Waals surface area contributed by atoms with E-state index in [1.807, 2.05) is 30.3 Å². The lowest BCUT2D eigenvalue weighted by molar-refractivity contribution is 0.0576. The first-order valence-electron chi connectivity index (χ1n) is 11.4. The molecule has 2 rings (SSSR count). The van der Waals surface area contributed by atoms with Crippen LogP contribution in [0.4, 0.5) is 31.4 Å². The van der Waals surface area contributed by atoms with Crippen LogP contribution >= 0.6 is 0 Å². The van der Waals surface area contributed by atoms with Gasteiger partial charge < -0.3 is 14.2 Å². The van der Waals surface area contributed by atoms with Crippen LogP contribution in [-0.2, 0) is 20.8 Å². The number of nitrogens with zero attached hydrogens (tertiary/aromatic N) is 1. The molecule has 0 radical (unpaired) electrons. The van der Waals surface area contributed by atoms with Gasteiger partial charge in [-0.25, -0.2) is 14.4 Å². The average molecular weight is 486 g/mol. The SMILES string of the molecule is CCOC(=O)Nc1ccc(N(Cc2ccccc2)C(=O)OC(C)(C)C)cc1NC(=O)OC(C)(C)C. The van der Waals surface area contributed by atoms with Crippen molar-refractivity contribution < 1.29 is 28.6 Å². The van der Waals surface area contributed by atoms with Gasteiger partial charge in [0.1, 0.15) is 11.2 Å². The molecule has 190 valence electrons. The van der Waals surface area contributed by atoms with Crippen molar-refractivity contribution in [3.63, 3.8) is 0 Å². The number of hydrogen-bond donors (Lipinski definition) is 2. The van der Waals surface area contributed by atoms with Crippen molar-refractivity contribution in [2.45, 2.75) is 66.2 Å². The Balaban J connectivity index is 2.47. The van der Waals surface area contributed by atoms with E-state index < -0.39 is 29.5 Å². The van der Waals surface area contributed by atoms with Crippen LogP contribution in [0.5, 0.6) is 0 Å². The lowest BCUT2D eigenvalue weighted by atomic mass is 10.1. The Labute approximate surface area is 206 Å². The summed E-state index contributed by atoms with van der Waals surface area (Å²) in [6, 6.07) is 14.2. The number of nitrogens with one attached hydrogen (secondary N) is 2. The van der Waals surface area contributed by atoms with Gasteiger partial charge in [-0.2, -0.15) is 0 Å². The molecule has 0 bridgehead atoms. The molecule has 0 unspecified atom stereocenters. The molecule has 0 fully saturated rings. The minimum atomic E-state index is -0.730. The van der Waals surface area contributed by atoms with E-state index in [-0.39, 0.29) is 24.5 Å². The van der Waals surface area contributed by atoms with Crippen molar-refractivity contribution in [2.24, 2.45) is 0 Å². The van der Waals surface area contributed by atoms with Crippen LogP contribution in [0.15, 0.2) is 48.5 Å². The molecule has 0 aliphatic heterocycles. The molecule has 0 saturated heterocycles. The monoisotopic (exact) mass is 485 g/mol. The smallest absolute Gasteiger partial charge is 0.415 e. The fourth-order valence-corrected chi connectivity index (χ4v) is 2.95. The van der Waals surface area contributed by atoms with Crippen LogP contribution in [0.2, 0.25) is 0 Å². The van der Waals surface area contributed by atoms with Gasteiger partial charge in [0.25, 0.3) is 0 Å². The third-order valence-electron chi connectivity index (χ3n) is 4.26. The van der Waals surface area contributed by atoms with E-state index >= 15 is 0 Å². The summed E-state index contributed by atoms with van der Waals surface area (Å²) < 4.78 is 15.9. The van der Waals surface area contributed by atoms with Gasteiger partial charge in [-0.05, 0) is 72.2 Å². The molecule has 2 N–H and O–H groups in total. The van der Waals surface area contributed by atoms with Crippen molar-refractivity contribution in [1.82, 2.24) is 0 Å². The molecule has 9 nitrogen and oxygen atoms in total. The van der Waals surface area contributed by atoms with Crippen LogP contribution in [0.25, 0.3) is 0 Å². The van der Waals surface area contributed by atoms with Crippen molar-refractivity contribution in [3.8, 4) is 0 Å². The van der Waals surface area contributed by atoms with Crippen molar-refractivity contribution >= 4 is 35.3 Å². The molecule has 0 spiro atoms. The lowest BCUT2D eigenvalue weighted by Gasteiger charge is -2.28. The molecule has 35 heavy (non-hydrogen) atoms. The lowest BCUT2D eigenvalue weighted by Crippen LogP contribution is -2.36.